The summed E-state index contributed by atoms with van der Waals surface area (Å²) in [6, 6.07) is 0. The number of carbonyl (C=O) groups is 3. The molecule has 0 aliphatic carbocycles. The first kappa shape index (κ1) is 14.8. The predicted octanol–water partition coefficient (Wildman–Crippen LogP) is 0.364. The van der Waals surface area contributed by atoms with E-state index in [4.69, 9.17) is 9.47 Å². The molecule has 1 amide bonds. The summed E-state index contributed by atoms with van der Waals surface area (Å²) in [6.07, 6.45) is -0.477. The molecule has 0 N–H and O–H groups in total. The Morgan fingerprint density at radius 3 is 2.45 bits per heavy atom. The van der Waals surface area contributed by atoms with Crippen molar-refractivity contribution in [2.24, 2.45) is 5.92 Å². The number of hydrogen-bond donors (Lipinski definition) is 0. The monoisotopic (exact) mass is 285 g/mol. The van der Waals surface area contributed by atoms with E-state index in [1.807, 2.05) is 0 Å². The maximum atomic E-state index is 11.9. The van der Waals surface area contributed by atoms with Gasteiger partial charge in [-0.25, -0.2) is 4.79 Å². The van der Waals surface area contributed by atoms with Gasteiger partial charge in [-0.2, -0.15) is 0 Å². The van der Waals surface area contributed by atoms with E-state index in [0.29, 0.717) is 0 Å². The summed E-state index contributed by atoms with van der Waals surface area (Å²) in [5, 5.41) is 0. The van der Waals surface area contributed by atoms with Gasteiger partial charge >= 0.3 is 12.1 Å². The summed E-state index contributed by atoms with van der Waals surface area (Å²) in [6.45, 7) is 5.51. The lowest BCUT2D eigenvalue weighted by molar-refractivity contribution is -0.167. The summed E-state index contributed by atoms with van der Waals surface area (Å²) in [4.78, 5) is 36.7. The molecule has 0 aromatic rings. The number of methoxy groups -OCH3 is 1. The molecule has 2 heterocycles. The maximum Gasteiger partial charge on any atom is 0.410 e. The van der Waals surface area contributed by atoms with Crippen molar-refractivity contribution >= 4 is 17.8 Å². The van der Waals surface area contributed by atoms with Gasteiger partial charge in [-0.15, -0.1) is 0 Å². The summed E-state index contributed by atoms with van der Waals surface area (Å²) < 4.78 is 15.3. The minimum atomic E-state index is -0.953. The van der Waals surface area contributed by atoms with Gasteiger partial charge in [-0.3, -0.25) is 9.59 Å². The second-order valence-corrected chi connectivity index (χ2v) is 6.11. The summed E-state index contributed by atoms with van der Waals surface area (Å²) in [5.41, 5.74) is -1.53. The van der Waals surface area contributed by atoms with Crippen LogP contribution in [-0.4, -0.2) is 60.8 Å². The number of hydrogen-bond acceptors (Lipinski definition) is 6. The number of ether oxygens (including phenoxy) is 3. The third kappa shape index (κ3) is 2.49. The fourth-order valence-corrected chi connectivity index (χ4v) is 2.47. The lowest BCUT2D eigenvalue weighted by Crippen LogP contribution is -2.68. The Labute approximate surface area is 117 Å². The van der Waals surface area contributed by atoms with Gasteiger partial charge in [0.05, 0.1) is 20.2 Å². The fraction of sp³-hybridized carbons (Fsp3) is 0.769. The number of nitrogens with zero attached hydrogens (tertiary/aromatic N) is 1. The number of esters is 1. The van der Waals surface area contributed by atoms with Crippen molar-refractivity contribution in [2.75, 3.05) is 26.8 Å². The molecule has 1 unspecified atom stereocenters. The van der Waals surface area contributed by atoms with Crippen molar-refractivity contribution in [1.82, 2.24) is 4.90 Å². The highest BCUT2D eigenvalue weighted by Crippen LogP contribution is 2.39. The number of amides is 1. The standard InChI is InChI=1S/C13H19NO6/c1-12(2,3)20-11(17)14-6-13(7-14)9(10(16)18-4)8(15)5-19-13/h9H,5-7H2,1-4H3. The molecule has 2 rings (SSSR count). The molecule has 20 heavy (non-hydrogen) atoms. The summed E-state index contributed by atoms with van der Waals surface area (Å²) >= 11 is 0. The van der Waals surface area contributed by atoms with Crippen LogP contribution in [0, 0.1) is 5.92 Å². The van der Waals surface area contributed by atoms with Gasteiger partial charge in [0.25, 0.3) is 0 Å². The molecular weight excluding hydrogens is 266 g/mol. The summed E-state index contributed by atoms with van der Waals surface area (Å²) in [7, 11) is 1.23. The zero-order valence-electron chi connectivity index (χ0n) is 12.1. The van der Waals surface area contributed by atoms with Crippen LogP contribution in [0.3, 0.4) is 0 Å². The number of likely N-dealkylation sites (tertiary alicyclic amines) is 1. The smallest absolute Gasteiger partial charge is 0.410 e. The van der Waals surface area contributed by atoms with E-state index < -0.39 is 29.2 Å². The van der Waals surface area contributed by atoms with Crippen molar-refractivity contribution in [2.45, 2.75) is 32.0 Å². The zero-order valence-corrected chi connectivity index (χ0v) is 12.1. The van der Waals surface area contributed by atoms with Gasteiger partial charge in [-0.05, 0) is 20.8 Å². The van der Waals surface area contributed by atoms with E-state index >= 15 is 0 Å². The minimum absolute atomic E-state index is 0.123. The molecule has 0 aromatic carbocycles. The molecule has 0 aromatic heterocycles. The topological polar surface area (TPSA) is 82.1 Å². The molecule has 7 nitrogen and oxygen atoms in total. The average molecular weight is 285 g/mol. The van der Waals surface area contributed by atoms with Crippen LogP contribution in [0.1, 0.15) is 20.8 Å². The third-order valence-electron chi connectivity index (χ3n) is 3.36. The number of rotatable bonds is 1. The van der Waals surface area contributed by atoms with Gasteiger partial charge in [0, 0.05) is 0 Å². The van der Waals surface area contributed by atoms with Gasteiger partial charge in [0.1, 0.15) is 23.7 Å². The SMILES string of the molecule is COC(=O)C1C(=O)COC12CN(C(=O)OC(C)(C)C)C2. The third-order valence-corrected chi connectivity index (χ3v) is 3.36. The van der Waals surface area contributed by atoms with Crippen molar-refractivity contribution in [3.8, 4) is 0 Å². The molecule has 7 heteroatoms. The highest BCUT2D eigenvalue weighted by atomic mass is 16.6. The first-order chi connectivity index (χ1) is 9.18. The second kappa shape index (κ2) is 4.73. The maximum absolute atomic E-state index is 11.9. The Hall–Kier alpha value is -1.63. The first-order valence-corrected chi connectivity index (χ1v) is 6.41. The van der Waals surface area contributed by atoms with Crippen molar-refractivity contribution in [3.05, 3.63) is 0 Å². The number of carbonyl (C=O) groups excluding carboxylic acids is 3. The lowest BCUT2D eigenvalue weighted by Gasteiger charge is -2.48. The van der Waals surface area contributed by atoms with Gasteiger partial charge in [-0.1, -0.05) is 0 Å². The van der Waals surface area contributed by atoms with Crippen LogP contribution >= 0.6 is 0 Å². The molecule has 2 saturated heterocycles. The van der Waals surface area contributed by atoms with E-state index in [0.717, 1.165) is 0 Å². The molecule has 2 aliphatic heterocycles. The van der Waals surface area contributed by atoms with Crippen molar-refractivity contribution in [3.63, 3.8) is 0 Å². The van der Waals surface area contributed by atoms with Crippen LogP contribution in [0.4, 0.5) is 4.79 Å². The van der Waals surface area contributed by atoms with Gasteiger partial charge in [0.15, 0.2) is 5.78 Å². The van der Waals surface area contributed by atoms with Crippen LogP contribution in [0.25, 0.3) is 0 Å². The van der Waals surface area contributed by atoms with Crippen LogP contribution in [0.2, 0.25) is 0 Å². The van der Waals surface area contributed by atoms with E-state index in [-0.39, 0.29) is 25.5 Å². The Kier molecular flexibility index (Phi) is 3.49. The molecule has 2 fully saturated rings. The molecular formula is C13H19NO6. The van der Waals surface area contributed by atoms with Crippen molar-refractivity contribution < 1.29 is 28.6 Å². The highest BCUT2D eigenvalue weighted by Gasteiger charge is 2.62. The quantitative estimate of drug-likeness (QED) is 0.511. The summed E-state index contributed by atoms with van der Waals surface area (Å²) in [5.74, 6) is -1.87. The Balaban J connectivity index is 2.02. The van der Waals surface area contributed by atoms with E-state index in [9.17, 15) is 14.4 Å². The fourth-order valence-electron chi connectivity index (χ4n) is 2.47. The first-order valence-electron chi connectivity index (χ1n) is 6.41. The van der Waals surface area contributed by atoms with Gasteiger partial charge < -0.3 is 19.1 Å². The molecule has 0 radical (unpaired) electrons. The molecule has 1 atom stereocenters. The van der Waals surface area contributed by atoms with Crippen LogP contribution in [0.5, 0.6) is 0 Å². The van der Waals surface area contributed by atoms with Crippen LogP contribution in [0.15, 0.2) is 0 Å². The zero-order chi connectivity index (χ0) is 15.1. The molecule has 0 bridgehead atoms. The van der Waals surface area contributed by atoms with Crippen LogP contribution < -0.4 is 0 Å². The molecule has 1 spiro atoms. The molecule has 112 valence electrons. The van der Waals surface area contributed by atoms with Gasteiger partial charge in [0.2, 0.25) is 0 Å². The van der Waals surface area contributed by atoms with E-state index in [1.165, 1.54) is 12.0 Å². The van der Waals surface area contributed by atoms with Crippen LogP contribution in [-0.2, 0) is 23.8 Å². The Morgan fingerprint density at radius 1 is 1.35 bits per heavy atom. The Bertz CT molecular complexity index is 446. The lowest BCUT2D eigenvalue weighted by atomic mass is 9.80. The molecule has 0 saturated carbocycles. The number of Topliss-reactive ketones (excluding diaryl/α,β-unsaturated/α-hetero) is 1. The number of ketones is 1. The second-order valence-electron chi connectivity index (χ2n) is 6.11. The van der Waals surface area contributed by atoms with Crippen molar-refractivity contribution in [1.29, 1.82) is 0 Å². The van der Waals surface area contributed by atoms with E-state index in [1.54, 1.807) is 20.8 Å². The minimum Gasteiger partial charge on any atom is -0.468 e. The Morgan fingerprint density at radius 2 is 1.95 bits per heavy atom. The largest absolute Gasteiger partial charge is 0.468 e. The van der Waals surface area contributed by atoms with E-state index in [2.05, 4.69) is 4.74 Å². The average Bonchev–Trinajstić information content (AvgIpc) is 2.61. The predicted molar refractivity (Wildman–Crippen MR) is 67.0 cm³/mol. The highest BCUT2D eigenvalue weighted by molar-refractivity contribution is 6.03. The normalized spacial score (nSPS) is 24.5. The molecule has 2 aliphatic rings.